The van der Waals surface area contributed by atoms with Crippen LogP contribution in [0.2, 0.25) is 0 Å². The van der Waals surface area contributed by atoms with Crippen LogP contribution in [-0.4, -0.2) is 16.1 Å². The molecule has 0 aromatic carbocycles. The van der Waals surface area contributed by atoms with Crippen LogP contribution >= 0.6 is 22.6 Å². The zero-order valence-electron chi connectivity index (χ0n) is 6.05. The van der Waals surface area contributed by atoms with Crippen LogP contribution in [0.3, 0.4) is 0 Å². The summed E-state index contributed by atoms with van der Waals surface area (Å²) in [6, 6.07) is 0. The van der Waals surface area contributed by atoms with Gasteiger partial charge in [0.1, 0.15) is 0 Å². The van der Waals surface area contributed by atoms with Crippen LogP contribution in [-0.2, 0) is 4.74 Å². The molecule has 2 saturated heterocycles. The maximum atomic E-state index is 5.83. The third-order valence-electron chi connectivity index (χ3n) is 2.55. The fraction of sp³-hybridized carbons (Fsp3) is 1.00. The molecule has 0 aliphatic carbocycles. The standard InChI is InChI=1S/C8H13IO/c9-7-3-1-2-6-4-5-8(7)10-6/h6-8H,1-5H2/t6-,7-,8+/m1/s1. The third-order valence-corrected chi connectivity index (χ3v) is 3.97. The summed E-state index contributed by atoms with van der Waals surface area (Å²) >= 11 is 2.55. The smallest absolute Gasteiger partial charge is 0.0697 e. The molecule has 58 valence electrons. The van der Waals surface area contributed by atoms with Crippen LogP contribution in [0.25, 0.3) is 0 Å². The summed E-state index contributed by atoms with van der Waals surface area (Å²) in [5.74, 6) is 0. The Morgan fingerprint density at radius 2 is 2.00 bits per heavy atom. The van der Waals surface area contributed by atoms with E-state index in [1.165, 1.54) is 32.1 Å². The van der Waals surface area contributed by atoms with Crippen LogP contribution in [0.1, 0.15) is 32.1 Å². The van der Waals surface area contributed by atoms with Gasteiger partial charge in [0.15, 0.2) is 0 Å². The van der Waals surface area contributed by atoms with Crippen molar-refractivity contribution in [2.24, 2.45) is 0 Å². The molecular formula is C8H13IO. The maximum absolute atomic E-state index is 5.83. The van der Waals surface area contributed by atoms with Crippen molar-refractivity contribution in [2.45, 2.75) is 48.2 Å². The summed E-state index contributed by atoms with van der Waals surface area (Å²) < 4.78 is 6.62. The van der Waals surface area contributed by atoms with E-state index < -0.39 is 0 Å². The number of ether oxygens (including phenoxy) is 1. The summed E-state index contributed by atoms with van der Waals surface area (Å²) in [4.78, 5) is 0. The Hall–Kier alpha value is 0.690. The summed E-state index contributed by atoms with van der Waals surface area (Å²) in [6.07, 6.45) is 7.95. The molecule has 2 heterocycles. The van der Waals surface area contributed by atoms with Gasteiger partial charge in [0.2, 0.25) is 0 Å². The van der Waals surface area contributed by atoms with Crippen molar-refractivity contribution >= 4 is 22.6 Å². The molecule has 10 heavy (non-hydrogen) atoms. The van der Waals surface area contributed by atoms with Gasteiger partial charge in [-0.25, -0.2) is 0 Å². The number of hydrogen-bond donors (Lipinski definition) is 0. The van der Waals surface area contributed by atoms with Crippen molar-refractivity contribution in [2.75, 3.05) is 0 Å². The lowest BCUT2D eigenvalue weighted by molar-refractivity contribution is 0.0547. The highest BCUT2D eigenvalue weighted by atomic mass is 127. The van der Waals surface area contributed by atoms with E-state index in [1.54, 1.807) is 0 Å². The van der Waals surface area contributed by atoms with E-state index in [1.807, 2.05) is 0 Å². The van der Waals surface area contributed by atoms with Gasteiger partial charge in [-0.05, 0) is 32.1 Å². The highest BCUT2D eigenvalue weighted by molar-refractivity contribution is 14.1. The van der Waals surface area contributed by atoms with E-state index >= 15 is 0 Å². The molecule has 2 aliphatic heterocycles. The molecule has 2 bridgehead atoms. The first-order valence-electron chi connectivity index (χ1n) is 4.16. The molecule has 0 aromatic heterocycles. The minimum absolute atomic E-state index is 0.605. The molecule has 2 rings (SSSR count). The Morgan fingerprint density at radius 1 is 1.10 bits per heavy atom. The van der Waals surface area contributed by atoms with Gasteiger partial charge in [-0.1, -0.05) is 22.6 Å². The van der Waals surface area contributed by atoms with Crippen LogP contribution in [0.4, 0.5) is 0 Å². The molecule has 2 fully saturated rings. The van der Waals surface area contributed by atoms with E-state index in [4.69, 9.17) is 4.74 Å². The SMILES string of the molecule is I[C@@H]1CCC[C@@H]2CC[C@@H]1O2. The van der Waals surface area contributed by atoms with Gasteiger partial charge >= 0.3 is 0 Å². The highest BCUT2D eigenvalue weighted by Crippen LogP contribution is 2.34. The van der Waals surface area contributed by atoms with Crippen molar-refractivity contribution in [1.29, 1.82) is 0 Å². The molecule has 0 saturated carbocycles. The second-order valence-corrected chi connectivity index (χ2v) is 4.92. The topological polar surface area (TPSA) is 9.23 Å². The van der Waals surface area contributed by atoms with Crippen molar-refractivity contribution in [3.8, 4) is 0 Å². The molecule has 0 aromatic rings. The Bertz CT molecular complexity index is 126. The minimum Gasteiger partial charge on any atom is -0.374 e. The first-order chi connectivity index (χ1) is 4.86. The Balaban J connectivity index is 2.03. The molecule has 2 aliphatic rings. The molecular weight excluding hydrogens is 239 g/mol. The summed E-state index contributed by atoms with van der Waals surface area (Å²) in [6.45, 7) is 0. The Kier molecular flexibility index (Phi) is 2.18. The zero-order chi connectivity index (χ0) is 6.97. The van der Waals surface area contributed by atoms with E-state index in [2.05, 4.69) is 22.6 Å². The first-order valence-corrected chi connectivity index (χ1v) is 5.40. The van der Waals surface area contributed by atoms with Gasteiger partial charge in [0, 0.05) is 3.92 Å². The number of rotatable bonds is 0. The molecule has 1 nitrogen and oxygen atoms in total. The lowest BCUT2D eigenvalue weighted by Gasteiger charge is -2.13. The minimum atomic E-state index is 0.605. The van der Waals surface area contributed by atoms with Crippen LogP contribution in [0, 0.1) is 0 Å². The highest BCUT2D eigenvalue weighted by Gasteiger charge is 2.32. The van der Waals surface area contributed by atoms with Crippen LogP contribution < -0.4 is 0 Å². The Morgan fingerprint density at radius 3 is 2.90 bits per heavy atom. The summed E-state index contributed by atoms with van der Waals surface area (Å²) in [5.41, 5.74) is 0. The summed E-state index contributed by atoms with van der Waals surface area (Å²) in [5, 5.41) is 0. The lowest BCUT2D eigenvalue weighted by Crippen LogP contribution is -2.17. The monoisotopic (exact) mass is 252 g/mol. The molecule has 3 atom stereocenters. The van der Waals surface area contributed by atoms with Crippen molar-refractivity contribution in [3.05, 3.63) is 0 Å². The number of fused-ring (bicyclic) bond motifs is 2. The lowest BCUT2D eigenvalue weighted by atomic mass is 10.0. The van der Waals surface area contributed by atoms with Crippen LogP contribution in [0.15, 0.2) is 0 Å². The molecule has 0 N–H and O–H groups in total. The van der Waals surface area contributed by atoms with Gasteiger partial charge < -0.3 is 4.74 Å². The second-order valence-electron chi connectivity index (χ2n) is 3.32. The predicted molar refractivity (Wildman–Crippen MR) is 49.6 cm³/mol. The largest absolute Gasteiger partial charge is 0.374 e. The van der Waals surface area contributed by atoms with E-state index in [0.29, 0.717) is 12.2 Å². The number of hydrogen-bond acceptors (Lipinski definition) is 1. The number of alkyl halides is 1. The predicted octanol–water partition coefficient (Wildman–Crippen LogP) is 2.52. The van der Waals surface area contributed by atoms with Crippen LogP contribution in [0.5, 0.6) is 0 Å². The molecule has 0 unspecified atom stereocenters. The van der Waals surface area contributed by atoms with Gasteiger partial charge in [-0.3, -0.25) is 0 Å². The molecule has 0 radical (unpaired) electrons. The molecule has 2 heteroatoms. The maximum Gasteiger partial charge on any atom is 0.0697 e. The fourth-order valence-corrected chi connectivity index (χ4v) is 2.91. The van der Waals surface area contributed by atoms with Gasteiger partial charge in [0.05, 0.1) is 12.2 Å². The first kappa shape index (κ1) is 7.35. The third kappa shape index (κ3) is 1.33. The van der Waals surface area contributed by atoms with Crippen molar-refractivity contribution in [1.82, 2.24) is 0 Å². The van der Waals surface area contributed by atoms with E-state index in [0.717, 1.165) is 3.92 Å². The molecule has 0 amide bonds. The second kappa shape index (κ2) is 2.97. The quantitative estimate of drug-likeness (QED) is 0.475. The summed E-state index contributed by atoms with van der Waals surface area (Å²) in [7, 11) is 0. The zero-order valence-corrected chi connectivity index (χ0v) is 8.21. The van der Waals surface area contributed by atoms with E-state index in [-0.39, 0.29) is 0 Å². The van der Waals surface area contributed by atoms with Gasteiger partial charge in [0.25, 0.3) is 0 Å². The van der Waals surface area contributed by atoms with Crippen molar-refractivity contribution < 1.29 is 4.74 Å². The van der Waals surface area contributed by atoms with Gasteiger partial charge in [-0.2, -0.15) is 0 Å². The van der Waals surface area contributed by atoms with Gasteiger partial charge in [-0.15, -0.1) is 0 Å². The fourth-order valence-electron chi connectivity index (χ4n) is 1.94. The van der Waals surface area contributed by atoms with Crippen molar-refractivity contribution in [3.63, 3.8) is 0 Å². The average Bonchev–Trinajstić information content (AvgIpc) is 2.27. The normalized spacial score (nSPS) is 47.1. The average molecular weight is 252 g/mol. The molecule has 0 spiro atoms. The number of halogens is 1. The Labute approximate surface area is 75.7 Å². The van der Waals surface area contributed by atoms with E-state index in [9.17, 15) is 0 Å².